The molecule has 0 N–H and O–H groups in total. The third-order valence-electron chi connectivity index (χ3n) is 5.50. The summed E-state index contributed by atoms with van der Waals surface area (Å²) in [5, 5.41) is 0. The smallest absolute Gasteiger partial charge is 0.222 e. The summed E-state index contributed by atoms with van der Waals surface area (Å²) in [6, 6.07) is 5.81. The van der Waals surface area contributed by atoms with Gasteiger partial charge in [-0.3, -0.25) is 9.78 Å². The van der Waals surface area contributed by atoms with Gasteiger partial charge in [0, 0.05) is 56.3 Å². The van der Waals surface area contributed by atoms with Crippen molar-refractivity contribution in [2.24, 2.45) is 5.41 Å². The molecule has 1 aromatic rings. The van der Waals surface area contributed by atoms with E-state index < -0.39 is 10.0 Å². The molecular weight excluding hydrogens is 338 g/mol. The van der Waals surface area contributed by atoms with Crippen molar-refractivity contribution in [2.45, 2.75) is 39.0 Å². The number of piperidine rings is 2. The van der Waals surface area contributed by atoms with Crippen molar-refractivity contribution in [3.05, 3.63) is 30.1 Å². The number of hydrogen-bond acceptors (Lipinski definition) is 4. The fourth-order valence-electron chi connectivity index (χ4n) is 4.02. The Balaban J connectivity index is 1.67. The summed E-state index contributed by atoms with van der Waals surface area (Å²) >= 11 is 0. The van der Waals surface area contributed by atoms with E-state index in [9.17, 15) is 13.2 Å². The first-order chi connectivity index (χ1) is 11.9. The molecule has 138 valence electrons. The molecule has 6 nitrogen and oxygen atoms in total. The van der Waals surface area contributed by atoms with Crippen LogP contribution in [0.1, 0.15) is 38.3 Å². The molecule has 2 saturated heterocycles. The van der Waals surface area contributed by atoms with Crippen LogP contribution < -0.4 is 0 Å². The zero-order chi connectivity index (χ0) is 17.9. The van der Waals surface area contributed by atoms with Gasteiger partial charge in [-0.25, -0.2) is 12.7 Å². The van der Waals surface area contributed by atoms with Gasteiger partial charge in [-0.1, -0.05) is 6.07 Å². The van der Waals surface area contributed by atoms with Crippen LogP contribution in [-0.2, 0) is 21.2 Å². The van der Waals surface area contributed by atoms with Crippen LogP contribution in [0.4, 0.5) is 0 Å². The lowest BCUT2D eigenvalue weighted by Gasteiger charge is -2.47. The predicted molar refractivity (Wildman–Crippen MR) is 96.5 cm³/mol. The van der Waals surface area contributed by atoms with Gasteiger partial charge in [0.2, 0.25) is 15.9 Å². The molecule has 2 fully saturated rings. The Morgan fingerprint density at radius 2 is 2.08 bits per heavy atom. The van der Waals surface area contributed by atoms with Crippen molar-refractivity contribution >= 4 is 15.9 Å². The van der Waals surface area contributed by atoms with Crippen LogP contribution in [0.5, 0.6) is 0 Å². The Hall–Kier alpha value is -1.47. The molecule has 0 aliphatic carbocycles. The molecule has 3 rings (SSSR count). The van der Waals surface area contributed by atoms with E-state index in [1.807, 2.05) is 23.1 Å². The van der Waals surface area contributed by atoms with Crippen molar-refractivity contribution in [3.63, 3.8) is 0 Å². The Bertz CT molecular complexity index is 708. The summed E-state index contributed by atoms with van der Waals surface area (Å²) in [5.41, 5.74) is 0.896. The Morgan fingerprint density at radius 1 is 1.24 bits per heavy atom. The standard InChI is InChI=1S/C18H27N3O3S/c1-2-25(23,24)21-12-5-9-18(15-21)10-7-17(22)20(14-18)13-8-16-6-3-4-11-19-16/h3-4,6,11H,2,5,7-10,12-15H2,1H3. The lowest BCUT2D eigenvalue weighted by molar-refractivity contribution is -0.138. The minimum atomic E-state index is -3.16. The summed E-state index contributed by atoms with van der Waals surface area (Å²) in [6.45, 7) is 4.17. The maximum atomic E-state index is 12.3. The molecule has 1 unspecified atom stereocenters. The van der Waals surface area contributed by atoms with E-state index in [4.69, 9.17) is 0 Å². The highest BCUT2D eigenvalue weighted by molar-refractivity contribution is 7.89. The number of rotatable bonds is 5. The van der Waals surface area contributed by atoms with Gasteiger partial charge >= 0.3 is 0 Å². The van der Waals surface area contributed by atoms with Gasteiger partial charge in [0.05, 0.1) is 5.75 Å². The lowest BCUT2D eigenvalue weighted by Crippen LogP contribution is -2.55. The fourth-order valence-corrected chi connectivity index (χ4v) is 5.26. The van der Waals surface area contributed by atoms with Gasteiger partial charge in [0.25, 0.3) is 0 Å². The van der Waals surface area contributed by atoms with Gasteiger partial charge in [-0.05, 0) is 38.3 Å². The van der Waals surface area contributed by atoms with E-state index in [0.717, 1.165) is 31.4 Å². The minimum absolute atomic E-state index is 0.0848. The van der Waals surface area contributed by atoms with Crippen LogP contribution in [-0.4, -0.2) is 60.4 Å². The van der Waals surface area contributed by atoms with E-state index in [2.05, 4.69) is 4.98 Å². The van der Waals surface area contributed by atoms with Crippen molar-refractivity contribution in [1.82, 2.24) is 14.2 Å². The second-order valence-electron chi connectivity index (χ2n) is 7.22. The molecule has 2 aliphatic heterocycles. The van der Waals surface area contributed by atoms with E-state index in [1.165, 1.54) is 0 Å². The van der Waals surface area contributed by atoms with Crippen LogP contribution >= 0.6 is 0 Å². The minimum Gasteiger partial charge on any atom is -0.342 e. The number of sulfonamides is 1. The predicted octanol–water partition coefficient (Wildman–Crippen LogP) is 1.68. The highest BCUT2D eigenvalue weighted by atomic mass is 32.2. The van der Waals surface area contributed by atoms with Crippen LogP contribution in [0, 0.1) is 5.41 Å². The quantitative estimate of drug-likeness (QED) is 0.796. The fraction of sp³-hybridized carbons (Fsp3) is 0.667. The molecule has 0 radical (unpaired) electrons. The van der Waals surface area contributed by atoms with E-state index in [1.54, 1.807) is 17.4 Å². The van der Waals surface area contributed by atoms with E-state index in [-0.39, 0.29) is 17.1 Å². The SMILES string of the molecule is CCS(=O)(=O)N1CCCC2(CCC(=O)N(CCc3ccccn3)C2)C1. The average molecular weight is 365 g/mol. The molecule has 1 aromatic heterocycles. The van der Waals surface area contributed by atoms with Crippen LogP contribution in [0.3, 0.4) is 0 Å². The third kappa shape index (κ3) is 4.20. The summed E-state index contributed by atoms with van der Waals surface area (Å²) < 4.78 is 26.2. The van der Waals surface area contributed by atoms with Gasteiger partial charge in [-0.2, -0.15) is 0 Å². The zero-order valence-corrected chi connectivity index (χ0v) is 15.7. The number of amides is 1. The van der Waals surface area contributed by atoms with Gasteiger partial charge in [0.1, 0.15) is 0 Å². The summed E-state index contributed by atoms with van der Waals surface area (Å²) in [4.78, 5) is 18.6. The van der Waals surface area contributed by atoms with E-state index in [0.29, 0.717) is 32.6 Å². The number of aromatic nitrogens is 1. The molecule has 0 aromatic carbocycles. The maximum absolute atomic E-state index is 12.3. The second-order valence-corrected chi connectivity index (χ2v) is 9.48. The van der Waals surface area contributed by atoms with Crippen molar-refractivity contribution in [3.8, 4) is 0 Å². The van der Waals surface area contributed by atoms with E-state index >= 15 is 0 Å². The van der Waals surface area contributed by atoms with Crippen molar-refractivity contribution in [1.29, 1.82) is 0 Å². The number of carbonyl (C=O) groups is 1. The normalized spacial score (nSPS) is 25.5. The number of likely N-dealkylation sites (tertiary alicyclic amines) is 1. The van der Waals surface area contributed by atoms with Gasteiger partial charge < -0.3 is 4.90 Å². The first-order valence-corrected chi connectivity index (χ1v) is 10.7. The molecule has 1 amide bonds. The molecule has 7 heteroatoms. The first kappa shape index (κ1) is 18.3. The molecule has 1 atom stereocenters. The summed E-state index contributed by atoms with van der Waals surface area (Å²) in [7, 11) is -3.16. The summed E-state index contributed by atoms with van der Waals surface area (Å²) in [5.74, 6) is 0.322. The highest BCUT2D eigenvalue weighted by Crippen LogP contribution is 2.39. The van der Waals surface area contributed by atoms with Crippen LogP contribution in [0.25, 0.3) is 0 Å². The maximum Gasteiger partial charge on any atom is 0.222 e. The summed E-state index contributed by atoms with van der Waals surface area (Å²) in [6.07, 6.45) is 5.69. The lowest BCUT2D eigenvalue weighted by atomic mass is 9.74. The molecule has 2 aliphatic rings. The number of carbonyl (C=O) groups excluding carboxylic acids is 1. The number of hydrogen-bond donors (Lipinski definition) is 0. The molecular formula is C18H27N3O3S. The number of nitrogens with zero attached hydrogens (tertiary/aromatic N) is 3. The van der Waals surface area contributed by atoms with Gasteiger partial charge in [0.15, 0.2) is 0 Å². The largest absolute Gasteiger partial charge is 0.342 e. The zero-order valence-electron chi connectivity index (χ0n) is 14.9. The van der Waals surface area contributed by atoms with Crippen LogP contribution in [0.15, 0.2) is 24.4 Å². The second kappa shape index (κ2) is 7.41. The first-order valence-electron chi connectivity index (χ1n) is 9.10. The average Bonchev–Trinajstić information content (AvgIpc) is 2.64. The Kier molecular flexibility index (Phi) is 5.43. The Morgan fingerprint density at radius 3 is 2.80 bits per heavy atom. The molecule has 0 saturated carbocycles. The van der Waals surface area contributed by atoms with Crippen molar-refractivity contribution < 1.29 is 13.2 Å². The van der Waals surface area contributed by atoms with Crippen LogP contribution in [0.2, 0.25) is 0 Å². The Labute approximate surface area is 150 Å². The molecule has 25 heavy (non-hydrogen) atoms. The third-order valence-corrected chi connectivity index (χ3v) is 7.32. The monoisotopic (exact) mass is 365 g/mol. The highest BCUT2D eigenvalue weighted by Gasteiger charge is 2.43. The van der Waals surface area contributed by atoms with Crippen molar-refractivity contribution in [2.75, 3.05) is 31.9 Å². The molecule has 1 spiro atoms. The number of pyridine rings is 1. The molecule has 3 heterocycles. The molecule has 0 bridgehead atoms. The van der Waals surface area contributed by atoms with Gasteiger partial charge in [-0.15, -0.1) is 0 Å². The topological polar surface area (TPSA) is 70.6 Å².